The summed E-state index contributed by atoms with van der Waals surface area (Å²) in [5.74, 6) is -0.0946. The predicted molar refractivity (Wildman–Crippen MR) is 107 cm³/mol. The van der Waals surface area contributed by atoms with Gasteiger partial charge in [0.15, 0.2) is 5.13 Å². The maximum atomic E-state index is 11.4. The van der Waals surface area contributed by atoms with Gasteiger partial charge >= 0.3 is 0 Å². The number of nitrogens with one attached hydrogen (secondary N) is 2. The molecule has 1 aromatic carbocycles. The number of benzene rings is 1. The third kappa shape index (κ3) is 3.80. The Bertz CT molecular complexity index is 1120. The van der Waals surface area contributed by atoms with Crippen molar-refractivity contribution in [1.29, 1.82) is 0 Å². The molecule has 0 spiro atoms. The number of aryl methyl sites for hydroxylation is 1. The standard InChI is InChI=1S/C19H18N6OS/c1-12-5-14(8-21-7-12)13-3-4-16-17(6-13)27-19(24-16)23-15-9-22-25(10-15)11-18(26)20-2/h3-10H,11H2,1-2H3,(H,20,26)(H,23,24). The second-order valence-corrected chi connectivity index (χ2v) is 7.21. The van der Waals surface area contributed by atoms with Crippen LogP contribution >= 0.6 is 11.3 Å². The van der Waals surface area contributed by atoms with Crippen LogP contribution in [0.15, 0.2) is 49.1 Å². The first-order chi connectivity index (χ1) is 13.1. The highest BCUT2D eigenvalue weighted by Gasteiger charge is 2.08. The molecule has 0 aliphatic heterocycles. The van der Waals surface area contributed by atoms with Crippen molar-refractivity contribution in [3.63, 3.8) is 0 Å². The number of hydrogen-bond donors (Lipinski definition) is 2. The Labute approximate surface area is 160 Å². The maximum absolute atomic E-state index is 11.4. The van der Waals surface area contributed by atoms with Crippen LogP contribution in [0.1, 0.15) is 5.56 Å². The molecule has 2 N–H and O–H groups in total. The minimum Gasteiger partial charge on any atom is -0.358 e. The Kier molecular flexibility index (Phi) is 4.55. The molecular weight excluding hydrogens is 360 g/mol. The van der Waals surface area contributed by atoms with E-state index < -0.39 is 0 Å². The summed E-state index contributed by atoms with van der Waals surface area (Å²) in [7, 11) is 1.60. The van der Waals surface area contributed by atoms with Crippen LogP contribution in [0.2, 0.25) is 0 Å². The molecule has 3 aromatic heterocycles. The fourth-order valence-corrected chi connectivity index (χ4v) is 3.66. The summed E-state index contributed by atoms with van der Waals surface area (Å²) in [5.41, 5.74) is 5.07. The van der Waals surface area contributed by atoms with Crippen LogP contribution in [0, 0.1) is 6.92 Å². The molecule has 4 aromatic rings. The number of rotatable bonds is 5. The van der Waals surface area contributed by atoms with Crippen molar-refractivity contribution >= 4 is 38.3 Å². The summed E-state index contributed by atoms with van der Waals surface area (Å²) in [6.45, 7) is 2.22. The van der Waals surface area contributed by atoms with E-state index in [0.29, 0.717) is 0 Å². The number of carbonyl (C=O) groups is 1. The van der Waals surface area contributed by atoms with Gasteiger partial charge in [-0.2, -0.15) is 5.10 Å². The number of amides is 1. The lowest BCUT2D eigenvalue weighted by Crippen LogP contribution is -2.23. The van der Waals surface area contributed by atoms with Gasteiger partial charge in [-0.15, -0.1) is 0 Å². The first-order valence-electron chi connectivity index (χ1n) is 8.43. The lowest BCUT2D eigenvalue weighted by molar-refractivity contribution is -0.121. The van der Waals surface area contributed by atoms with Crippen molar-refractivity contribution in [3.8, 4) is 11.1 Å². The van der Waals surface area contributed by atoms with Crippen molar-refractivity contribution in [2.75, 3.05) is 12.4 Å². The molecule has 4 rings (SSSR count). The van der Waals surface area contributed by atoms with Crippen LogP contribution in [0.4, 0.5) is 10.8 Å². The Morgan fingerprint density at radius 1 is 1.19 bits per heavy atom. The van der Waals surface area contributed by atoms with Crippen LogP contribution in [-0.4, -0.2) is 32.7 Å². The van der Waals surface area contributed by atoms with Gasteiger partial charge in [-0.1, -0.05) is 17.4 Å². The molecule has 0 atom stereocenters. The first-order valence-corrected chi connectivity index (χ1v) is 9.25. The highest BCUT2D eigenvalue weighted by Crippen LogP contribution is 2.31. The quantitative estimate of drug-likeness (QED) is 0.556. The summed E-state index contributed by atoms with van der Waals surface area (Å²) in [5, 5.41) is 10.8. The summed E-state index contributed by atoms with van der Waals surface area (Å²) in [6.07, 6.45) is 7.18. The lowest BCUT2D eigenvalue weighted by atomic mass is 10.1. The van der Waals surface area contributed by atoms with E-state index in [9.17, 15) is 4.79 Å². The largest absolute Gasteiger partial charge is 0.358 e. The molecule has 0 unspecified atom stereocenters. The molecule has 3 heterocycles. The van der Waals surface area contributed by atoms with E-state index in [1.807, 2.05) is 25.4 Å². The van der Waals surface area contributed by atoms with Crippen molar-refractivity contribution < 1.29 is 4.79 Å². The molecule has 0 aliphatic rings. The van der Waals surface area contributed by atoms with E-state index in [2.05, 4.69) is 43.9 Å². The van der Waals surface area contributed by atoms with Gasteiger partial charge in [0.25, 0.3) is 0 Å². The molecule has 0 fully saturated rings. The number of thiazole rings is 1. The molecule has 7 nitrogen and oxygen atoms in total. The van der Waals surface area contributed by atoms with Crippen LogP contribution in [0.3, 0.4) is 0 Å². The predicted octanol–water partition coefficient (Wildman–Crippen LogP) is 3.35. The highest BCUT2D eigenvalue weighted by molar-refractivity contribution is 7.22. The van der Waals surface area contributed by atoms with Crippen LogP contribution < -0.4 is 10.6 Å². The van der Waals surface area contributed by atoms with Gasteiger partial charge in [-0.25, -0.2) is 4.98 Å². The minimum absolute atomic E-state index is 0.0946. The molecular formula is C19H18N6OS. The average Bonchev–Trinajstić information content (AvgIpc) is 3.27. The molecule has 8 heteroatoms. The lowest BCUT2D eigenvalue weighted by Gasteiger charge is -2.01. The first kappa shape index (κ1) is 17.2. The number of carbonyl (C=O) groups excluding carboxylic acids is 1. The molecule has 0 saturated heterocycles. The molecule has 0 saturated carbocycles. The van der Waals surface area contributed by atoms with Gasteiger partial charge in [-0.05, 0) is 36.2 Å². The van der Waals surface area contributed by atoms with Crippen molar-refractivity contribution in [2.45, 2.75) is 13.5 Å². The number of aromatic nitrogens is 4. The van der Waals surface area contributed by atoms with E-state index in [4.69, 9.17) is 0 Å². The molecule has 0 aliphatic carbocycles. The Balaban J connectivity index is 1.56. The van der Waals surface area contributed by atoms with Gasteiger partial charge in [0.2, 0.25) is 5.91 Å². The van der Waals surface area contributed by atoms with Crippen LogP contribution in [0.5, 0.6) is 0 Å². The summed E-state index contributed by atoms with van der Waals surface area (Å²) >= 11 is 1.57. The molecule has 136 valence electrons. The topological polar surface area (TPSA) is 84.7 Å². The molecule has 0 bridgehead atoms. The van der Waals surface area contributed by atoms with E-state index in [-0.39, 0.29) is 12.5 Å². The number of anilines is 2. The number of fused-ring (bicyclic) bond motifs is 1. The molecule has 0 radical (unpaired) electrons. The van der Waals surface area contributed by atoms with Gasteiger partial charge in [-0.3, -0.25) is 14.5 Å². The number of nitrogens with zero attached hydrogens (tertiary/aromatic N) is 4. The fraction of sp³-hybridized carbons (Fsp3) is 0.158. The second-order valence-electron chi connectivity index (χ2n) is 6.18. The maximum Gasteiger partial charge on any atom is 0.241 e. The normalized spacial score (nSPS) is 10.9. The summed E-state index contributed by atoms with van der Waals surface area (Å²) in [4.78, 5) is 20.3. The van der Waals surface area contributed by atoms with Crippen LogP contribution in [-0.2, 0) is 11.3 Å². The van der Waals surface area contributed by atoms with Gasteiger partial charge in [0, 0.05) is 31.2 Å². The van der Waals surface area contributed by atoms with Crippen molar-refractivity contribution in [2.24, 2.45) is 0 Å². The van der Waals surface area contributed by atoms with E-state index in [1.165, 1.54) is 0 Å². The monoisotopic (exact) mass is 378 g/mol. The minimum atomic E-state index is -0.0946. The Hall–Kier alpha value is -3.26. The third-order valence-electron chi connectivity index (χ3n) is 4.07. The average molecular weight is 378 g/mol. The van der Waals surface area contributed by atoms with Gasteiger partial charge in [0.1, 0.15) is 6.54 Å². The van der Waals surface area contributed by atoms with Crippen molar-refractivity contribution in [1.82, 2.24) is 25.1 Å². The van der Waals surface area contributed by atoms with Crippen molar-refractivity contribution in [3.05, 3.63) is 54.6 Å². The molecule has 1 amide bonds. The summed E-state index contributed by atoms with van der Waals surface area (Å²) in [6, 6.07) is 8.33. The van der Waals surface area contributed by atoms with E-state index in [0.717, 1.165) is 37.7 Å². The number of likely N-dealkylation sites (N-methyl/N-ethyl adjacent to an activating group) is 1. The molecule has 27 heavy (non-hydrogen) atoms. The van der Waals surface area contributed by atoms with Gasteiger partial charge < -0.3 is 10.6 Å². The van der Waals surface area contributed by atoms with E-state index in [1.54, 1.807) is 35.5 Å². The Morgan fingerprint density at radius 2 is 2.07 bits per heavy atom. The zero-order chi connectivity index (χ0) is 18.8. The zero-order valence-electron chi connectivity index (χ0n) is 14.9. The SMILES string of the molecule is CNC(=O)Cn1cc(Nc2nc3ccc(-c4cncc(C)c4)cc3s2)cn1. The zero-order valence-corrected chi connectivity index (χ0v) is 15.7. The van der Waals surface area contributed by atoms with Crippen LogP contribution in [0.25, 0.3) is 21.3 Å². The fourth-order valence-electron chi connectivity index (χ4n) is 2.73. The number of hydrogen-bond acceptors (Lipinski definition) is 6. The summed E-state index contributed by atoms with van der Waals surface area (Å²) < 4.78 is 2.67. The highest BCUT2D eigenvalue weighted by atomic mass is 32.1. The smallest absolute Gasteiger partial charge is 0.241 e. The third-order valence-corrected chi connectivity index (χ3v) is 5.00. The number of pyridine rings is 1. The van der Waals surface area contributed by atoms with E-state index >= 15 is 0 Å². The van der Waals surface area contributed by atoms with Gasteiger partial charge in [0.05, 0.1) is 22.1 Å². The second kappa shape index (κ2) is 7.16. The Morgan fingerprint density at radius 3 is 2.89 bits per heavy atom.